The molecule has 9 heteroatoms. The van der Waals surface area contributed by atoms with Crippen LogP contribution in [0.15, 0.2) is 30.3 Å². The Bertz CT molecular complexity index is 1230. The van der Waals surface area contributed by atoms with E-state index in [1.54, 1.807) is 33.2 Å². The van der Waals surface area contributed by atoms with Crippen molar-refractivity contribution in [3.8, 4) is 0 Å². The number of alkyl halides is 3. The second-order valence-electron chi connectivity index (χ2n) is 9.04. The van der Waals surface area contributed by atoms with Crippen molar-refractivity contribution in [1.29, 1.82) is 0 Å². The van der Waals surface area contributed by atoms with Gasteiger partial charge in [-0.05, 0) is 77.3 Å². The first-order valence-corrected chi connectivity index (χ1v) is 13.4. The second kappa shape index (κ2) is 8.98. The Morgan fingerprint density at radius 1 is 1.00 bits per heavy atom. The van der Waals surface area contributed by atoms with Gasteiger partial charge in [0.05, 0.1) is 17.1 Å². The van der Waals surface area contributed by atoms with Gasteiger partial charge >= 0.3 is 6.18 Å². The molecule has 3 rings (SSSR count). The standard InChI is InChI=1S/C24H30F3N4OP/c1-13(2)28-21-12-20-18(11-22(21)33(6,7)32)23(31-16(5)30-20)29-15(4)17-9-8-10-19(14(17)3)24(25,26)27/h8-13,15,28H,1-7H3,(H,29,30,31)/t15-/m1/s1. The highest BCUT2D eigenvalue weighted by atomic mass is 31.2. The molecule has 0 aliphatic carbocycles. The summed E-state index contributed by atoms with van der Waals surface area (Å²) in [5.74, 6) is 1.02. The van der Waals surface area contributed by atoms with Crippen LogP contribution in [0.3, 0.4) is 0 Å². The van der Waals surface area contributed by atoms with Gasteiger partial charge in [0.25, 0.3) is 0 Å². The van der Waals surface area contributed by atoms with E-state index >= 15 is 0 Å². The number of benzene rings is 2. The van der Waals surface area contributed by atoms with Gasteiger partial charge in [-0.3, -0.25) is 0 Å². The number of nitrogens with zero attached hydrogens (tertiary/aromatic N) is 2. The predicted octanol–water partition coefficient (Wildman–Crippen LogP) is 6.51. The molecule has 0 bridgehead atoms. The fourth-order valence-electron chi connectivity index (χ4n) is 3.98. The highest BCUT2D eigenvalue weighted by Gasteiger charge is 2.33. The average molecular weight is 478 g/mol. The molecule has 0 spiro atoms. The Balaban J connectivity index is 2.13. The molecule has 0 saturated heterocycles. The fourth-order valence-corrected chi connectivity index (χ4v) is 5.12. The summed E-state index contributed by atoms with van der Waals surface area (Å²) in [7, 11) is -2.64. The minimum atomic E-state index is -4.42. The van der Waals surface area contributed by atoms with Crippen LogP contribution in [0.4, 0.5) is 24.7 Å². The summed E-state index contributed by atoms with van der Waals surface area (Å²) >= 11 is 0. The third-order valence-corrected chi connectivity index (χ3v) is 6.98. The van der Waals surface area contributed by atoms with Crippen molar-refractivity contribution >= 4 is 34.9 Å². The van der Waals surface area contributed by atoms with Gasteiger partial charge in [0.1, 0.15) is 18.8 Å². The van der Waals surface area contributed by atoms with E-state index in [1.807, 2.05) is 26.0 Å². The van der Waals surface area contributed by atoms with Crippen LogP contribution in [0.2, 0.25) is 0 Å². The molecule has 1 atom stereocenters. The van der Waals surface area contributed by atoms with Gasteiger partial charge in [0.2, 0.25) is 0 Å². The molecule has 3 aromatic rings. The largest absolute Gasteiger partial charge is 0.416 e. The monoisotopic (exact) mass is 478 g/mol. The van der Waals surface area contributed by atoms with Gasteiger partial charge in [0, 0.05) is 22.4 Å². The van der Waals surface area contributed by atoms with Crippen LogP contribution < -0.4 is 15.9 Å². The van der Waals surface area contributed by atoms with Crippen molar-refractivity contribution < 1.29 is 17.7 Å². The quantitative estimate of drug-likeness (QED) is 0.396. The lowest BCUT2D eigenvalue weighted by Crippen LogP contribution is -2.19. The number of anilines is 2. The van der Waals surface area contributed by atoms with Crippen LogP contribution in [-0.4, -0.2) is 29.3 Å². The van der Waals surface area contributed by atoms with Gasteiger partial charge in [-0.15, -0.1) is 0 Å². The van der Waals surface area contributed by atoms with E-state index < -0.39 is 24.9 Å². The molecule has 33 heavy (non-hydrogen) atoms. The van der Waals surface area contributed by atoms with E-state index in [4.69, 9.17) is 0 Å². The molecule has 0 radical (unpaired) electrons. The Morgan fingerprint density at radius 3 is 2.24 bits per heavy atom. The van der Waals surface area contributed by atoms with Crippen molar-refractivity contribution in [2.24, 2.45) is 0 Å². The Morgan fingerprint density at radius 2 is 1.67 bits per heavy atom. The first-order valence-electron chi connectivity index (χ1n) is 10.8. The van der Waals surface area contributed by atoms with Crippen molar-refractivity contribution in [3.05, 3.63) is 52.8 Å². The summed E-state index contributed by atoms with van der Waals surface area (Å²) in [5.41, 5.74) is 1.48. The summed E-state index contributed by atoms with van der Waals surface area (Å²) in [6.45, 7) is 12.5. The number of hydrogen-bond donors (Lipinski definition) is 2. The van der Waals surface area contributed by atoms with E-state index in [9.17, 15) is 17.7 Å². The molecule has 2 aromatic carbocycles. The van der Waals surface area contributed by atoms with E-state index in [2.05, 4.69) is 20.6 Å². The Labute approximate surface area is 192 Å². The summed E-state index contributed by atoms with van der Waals surface area (Å²) in [6, 6.07) is 7.57. The lowest BCUT2D eigenvalue weighted by atomic mass is 9.97. The van der Waals surface area contributed by atoms with E-state index in [0.717, 1.165) is 11.8 Å². The lowest BCUT2D eigenvalue weighted by molar-refractivity contribution is -0.138. The van der Waals surface area contributed by atoms with Crippen molar-refractivity contribution in [3.63, 3.8) is 0 Å². The van der Waals surface area contributed by atoms with E-state index in [0.29, 0.717) is 33.4 Å². The van der Waals surface area contributed by atoms with Gasteiger partial charge < -0.3 is 15.2 Å². The average Bonchev–Trinajstić information content (AvgIpc) is 2.65. The molecule has 178 valence electrons. The Hall–Kier alpha value is -2.60. The number of halogens is 3. The predicted molar refractivity (Wildman–Crippen MR) is 130 cm³/mol. The molecule has 0 fully saturated rings. The van der Waals surface area contributed by atoms with Crippen LogP contribution in [0.5, 0.6) is 0 Å². The van der Waals surface area contributed by atoms with Gasteiger partial charge in [-0.2, -0.15) is 13.2 Å². The number of aromatic nitrogens is 2. The summed E-state index contributed by atoms with van der Waals surface area (Å²) in [4.78, 5) is 9.07. The summed E-state index contributed by atoms with van der Waals surface area (Å²) in [6.07, 6.45) is -4.42. The number of fused-ring (bicyclic) bond motifs is 1. The molecular weight excluding hydrogens is 448 g/mol. The van der Waals surface area contributed by atoms with Crippen LogP contribution in [-0.2, 0) is 10.7 Å². The first kappa shape index (κ1) is 25.0. The van der Waals surface area contributed by atoms with Gasteiger partial charge in [0.15, 0.2) is 0 Å². The third kappa shape index (κ3) is 5.49. The molecule has 5 nitrogen and oxygen atoms in total. The molecule has 0 saturated carbocycles. The fraction of sp³-hybridized carbons (Fsp3) is 0.417. The van der Waals surface area contributed by atoms with E-state index in [-0.39, 0.29) is 11.6 Å². The minimum Gasteiger partial charge on any atom is -0.382 e. The van der Waals surface area contributed by atoms with Crippen LogP contribution in [0.1, 0.15) is 49.3 Å². The molecule has 0 unspecified atom stereocenters. The molecular formula is C24H30F3N4OP. The first-order chi connectivity index (χ1) is 15.2. The summed E-state index contributed by atoms with van der Waals surface area (Å²) in [5, 5.41) is 7.97. The zero-order chi connectivity index (χ0) is 24.7. The van der Waals surface area contributed by atoms with Crippen LogP contribution >= 0.6 is 7.14 Å². The van der Waals surface area contributed by atoms with Gasteiger partial charge in [-0.25, -0.2) is 9.97 Å². The molecule has 1 aromatic heterocycles. The normalized spacial score (nSPS) is 13.4. The molecule has 0 aliphatic heterocycles. The lowest BCUT2D eigenvalue weighted by Gasteiger charge is -2.22. The number of nitrogens with one attached hydrogen (secondary N) is 2. The summed E-state index contributed by atoms with van der Waals surface area (Å²) < 4.78 is 53.2. The smallest absolute Gasteiger partial charge is 0.382 e. The van der Waals surface area contributed by atoms with Crippen LogP contribution in [0.25, 0.3) is 10.9 Å². The number of aryl methyl sites for hydroxylation is 1. The van der Waals surface area contributed by atoms with Crippen molar-refractivity contribution in [2.45, 2.75) is 52.9 Å². The van der Waals surface area contributed by atoms with Crippen LogP contribution in [0, 0.1) is 13.8 Å². The third-order valence-electron chi connectivity index (χ3n) is 5.45. The van der Waals surface area contributed by atoms with Crippen molar-refractivity contribution in [1.82, 2.24) is 9.97 Å². The minimum absolute atomic E-state index is 0.136. The number of rotatable bonds is 6. The highest BCUT2D eigenvalue weighted by Crippen LogP contribution is 2.41. The molecule has 0 aliphatic rings. The zero-order valence-corrected chi connectivity index (χ0v) is 20.8. The number of hydrogen-bond acceptors (Lipinski definition) is 5. The topological polar surface area (TPSA) is 66.9 Å². The van der Waals surface area contributed by atoms with Crippen molar-refractivity contribution in [2.75, 3.05) is 24.0 Å². The maximum atomic E-state index is 13.4. The molecule has 1 heterocycles. The molecule has 0 amide bonds. The maximum absolute atomic E-state index is 13.4. The second-order valence-corrected chi connectivity index (χ2v) is 12.2. The van der Waals surface area contributed by atoms with Gasteiger partial charge in [-0.1, -0.05) is 12.1 Å². The Kier molecular flexibility index (Phi) is 6.81. The zero-order valence-electron chi connectivity index (χ0n) is 19.9. The molecule has 2 N–H and O–H groups in total. The highest BCUT2D eigenvalue weighted by molar-refractivity contribution is 7.70. The maximum Gasteiger partial charge on any atom is 0.416 e. The van der Waals surface area contributed by atoms with E-state index in [1.165, 1.54) is 13.0 Å². The SMILES string of the molecule is Cc1nc(N[C@H](C)c2cccc(C(F)(F)F)c2C)c2cc(P(C)(C)=O)c(NC(C)C)cc2n1.